The SMILES string of the molecule is O=C(Nc1ccc(F)cc1Cl)c1cc(-c2ccccn2)n[nH]1. The average molecular weight is 317 g/mol. The number of hydrogen-bond donors (Lipinski definition) is 2. The number of amides is 1. The van der Waals surface area contributed by atoms with E-state index in [2.05, 4.69) is 20.5 Å². The summed E-state index contributed by atoms with van der Waals surface area (Å²) in [5.41, 5.74) is 1.77. The third-order valence-electron chi connectivity index (χ3n) is 2.93. The molecule has 0 aliphatic heterocycles. The van der Waals surface area contributed by atoms with Gasteiger partial charge < -0.3 is 5.32 Å². The summed E-state index contributed by atoms with van der Waals surface area (Å²) in [4.78, 5) is 16.3. The molecule has 0 radical (unpaired) electrons. The molecule has 3 rings (SSSR count). The summed E-state index contributed by atoms with van der Waals surface area (Å²) in [6.45, 7) is 0. The van der Waals surface area contributed by atoms with Crippen molar-refractivity contribution in [3.05, 3.63) is 65.2 Å². The first-order chi connectivity index (χ1) is 10.6. The van der Waals surface area contributed by atoms with Crippen LogP contribution in [-0.4, -0.2) is 21.1 Å². The number of hydrogen-bond acceptors (Lipinski definition) is 3. The molecule has 7 heteroatoms. The number of nitrogens with zero attached hydrogens (tertiary/aromatic N) is 2. The van der Waals surface area contributed by atoms with Crippen molar-refractivity contribution in [1.82, 2.24) is 15.2 Å². The zero-order valence-corrected chi connectivity index (χ0v) is 11.9. The zero-order valence-electron chi connectivity index (χ0n) is 11.2. The van der Waals surface area contributed by atoms with Crippen LogP contribution in [-0.2, 0) is 0 Å². The van der Waals surface area contributed by atoms with Crippen molar-refractivity contribution in [1.29, 1.82) is 0 Å². The van der Waals surface area contributed by atoms with Gasteiger partial charge >= 0.3 is 0 Å². The van der Waals surface area contributed by atoms with Gasteiger partial charge in [0.1, 0.15) is 17.2 Å². The minimum Gasteiger partial charge on any atom is -0.319 e. The fraction of sp³-hybridized carbons (Fsp3) is 0. The number of carbonyl (C=O) groups excluding carboxylic acids is 1. The summed E-state index contributed by atoms with van der Waals surface area (Å²) in [5.74, 6) is -0.898. The maximum Gasteiger partial charge on any atom is 0.273 e. The Balaban J connectivity index is 1.80. The van der Waals surface area contributed by atoms with Crippen LogP contribution in [0.1, 0.15) is 10.5 Å². The van der Waals surface area contributed by atoms with Gasteiger partial charge in [-0.1, -0.05) is 17.7 Å². The molecule has 0 saturated heterocycles. The van der Waals surface area contributed by atoms with Crippen LogP contribution in [0.5, 0.6) is 0 Å². The molecule has 1 aromatic carbocycles. The van der Waals surface area contributed by atoms with E-state index in [1.54, 1.807) is 24.4 Å². The molecule has 0 bridgehead atoms. The van der Waals surface area contributed by atoms with Crippen LogP contribution in [0.15, 0.2) is 48.7 Å². The molecular formula is C15H10ClFN4O. The number of benzene rings is 1. The van der Waals surface area contributed by atoms with Crippen molar-refractivity contribution in [3.8, 4) is 11.4 Å². The number of pyridine rings is 1. The lowest BCUT2D eigenvalue weighted by molar-refractivity contribution is 0.102. The van der Waals surface area contributed by atoms with E-state index in [1.165, 1.54) is 12.1 Å². The standard InChI is InChI=1S/C15H10ClFN4O/c16-10-7-9(17)4-5-11(10)19-15(22)14-8-13(20-21-14)12-3-1-2-6-18-12/h1-8H,(H,19,22)(H,20,21). The van der Waals surface area contributed by atoms with E-state index < -0.39 is 11.7 Å². The lowest BCUT2D eigenvalue weighted by Gasteiger charge is -2.05. The summed E-state index contributed by atoms with van der Waals surface area (Å²) < 4.78 is 13.0. The van der Waals surface area contributed by atoms with Gasteiger partial charge in [-0.15, -0.1) is 0 Å². The highest BCUT2D eigenvalue weighted by Crippen LogP contribution is 2.23. The Hall–Kier alpha value is -2.73. The average Bonchev–Trinajstić information content (AvgIpc) is 3.01. The van der Waals surface area contributed by atoms with Gasteiger partial charge in [0, 0.05) is 6.20 Å². The molecule has 2 heterocycles. The predicted octanol–water partition coefficient (Wildman–Crippen LogP) is 3.52. The third-order valence-corrected chi connectivity index (χ3v) is 3.24. The number of aromatic amines is 1. The molecule has 110 valence electrons. The molecule has 0 spiro atoms. The first kappa shape index (κ1) is 14.2. The first-order valence-electron chi connectivity index (χ1n) is 6.37. The van der Waals surface area contributed by atoms with E-state index in [4.69, 9.17) is 11.6 Å². The van der Waals surface area contributed by atoms with Crippen molar-refractivity contribution in [2.24, 2.45) is 0 Å². The summed E-state index contributed by atoms with van der Waals surface area (Å²) in [5, 5.41) is 9.39. The number of anilines is 1. The quantitative estimate of drug-likeness (QED) is 0.776. The maximum absolute atomic E-state index is 13.0. The molecule has 0 fully saturated rings. The predicted molar refractivity (Wildman–Crippen MR) is 81.2 cm³/mol. The van der Waals surface area contributed by atoms with Crippen LogP contribution < -0.4 is 5.32 Å². The van der Waals surface area contributed by atoms with Crippen LogP contribution in [0.25, 0.3) is 11.4 Å². The van der Waals surface area contributed by atoms with Crippen LogP contribution in [0.4, 0.5) is 10.1 Å². The number of nitrogens with one attached hydrogen (secondary N) is 2. The van der Waals surface area contributed by atoms with Gasteiger partial charge in [0.25, 0.3) is 5.91 Å². The summed E-state index contributed by atoms with van der Waals surface area (Å²) in [7, 11) is 0. The zero-order chi connectivity index (χ0) is 15.5. The molecule has 0 saturated carbocycles. The molecule has 0 aliphatic rings. The Morgan fingerprint density at radius 1 is 1.18 bits per heavy atom. The van der Waals surface area contributed by atoms with Crippen molar-refractivity contribution >= 4 is 23.2 Å². The Morgan fingerprint density at radius 2 is 2.05 bits per heavy atom. The van der Waals surface area contributed by atoms with Gasteiger partial charge in [0.05, 0.1) is 16.4 Å². The molecule has 0 aliphatic carbocycles. The lowest BCUT2D eigenvalue weighted by Crippen LogP contribution is -2.12. The van der Waals surface area contributed by atoms with Crippen molar-refractivity contribution in [2.75, 3.05) is 5.32 Å². The Labute approximate surface area is 130 Å². The number of H-pyrrole nitrogens is 1. The minimum absolute atomic E-state index is 0.123. The largest absolute Gasteiger partial charge is 0.319 e. The molecule has 0 atom stereocenters. The van der Waals surface area contributed by atoms with Crippen LogP contribution in [0.3, 0.4) is 0 Å². The van der Waals surface area contributed by atoms with E-state index in [1.807, 2.05) is 6.07 Å². The second-order valence-electron chi connectivity index (χ2n) is 4.46. The first-order valence-corrected chi connectivity index (χ1v) is 6.74. The molecule has 22 heavy (non-hydrogen) atoms. The van der Waals surface area contributed by atoms with Crippen LogP contribution in [0.2, 0.25) is 5.02 Å². The molecular weight excluding hydrogens is 307 g/mol. The number of aromatic nitrogens is 3. The molecule has 3 aromatic rings. The molecule has 1 amide bonds. The van der Waals surface area contributed by atoms with Crippen molar-refractivity contribution in [3.63, 3.8) is 0 Å². The topological polar surface area (TPSA) is 70.7 Å². The Morgan fingerprint density at radius 3 is 2.77 bits per heavy atom. The summed E-state index contributed by atoms with van der Waals surface area (Å²) in [6, 6.07) is 10.7. The smallest absolute Gasteiger partial charge is 0.273 e. The fourth-order valence-electron chi connectivity index (χ4n) is 1.86. The third kappa shape index (κ3) is 2.96. The minimum atomic E-state index is -0.470. The van der Waals surface area contributed by atoms with Gasteiger partial charge in [0.15, 0.2) is 0 Å². The van der Waals surface area contributed by atoms with Crippen molar-refractivity contribution in [2.45, 2.75) is 0 Å². The Bertz CT molecular complexity index is 819. The maximum atomic E-state index is 13.0. The van der Waals surface area contributed by atoms with E-state index in [0.717, 1.165) is 6.07 Å². The van der Waals surface area contributed by atoms with E-state index in [0.29, 0.717) is 17.1 Å². The van der Waals surface area contributed by atoms with Crippen molar-refractivity contribution < 1.29 is 9.18 Å². The van der Waals surface area contributed by atoms with Gasteiger partial charge in [-0.25, -0.2) is 4.39 Å². The Kier molecular flexibility index (Phi) is 3.84. The molecule has 2 aromatic heterocycles. The highest BCUT2D eigenvalue weighted by molar-refractivity contribution is 6.33. The van der Waals surface area contributed by atoms with Gasteiger partial charge in [0.2, 0.25) is 0 Å². The molecule has 5 nitrogen and oxygen atoms in total. The van der Waals surface area contributed by atoms with Crippen LogP contribution in [0, 0.1) is 5.82 Å². The van der Waals surface area contributed by atoms with E-state index in [-0.39, 0.29) is 10.7 Å². The summed E-state index contributed by atoms with van der Waals surface area (Å²) >= 11 is 5.87. The monoisotopic (exact) mass is 316 g/mol. The fourth-order valence-corrected chi connectivity index (χ4v) is 2.08. The van der Waals surface area contributed by atoms with E-state index >= 15 is 0 Å². The highest BCUT2D eigenvalue weighted by Gasteiger charge is 2.13. The van der Waals surface area contributed by atoms with Gasteiger partial charge in [-0.05, 0) is 36.4 Å². The van der Waals surface area contributed by atoms with Gasteiger partial charge in [-0.3, -0.25) is 14.9 Å². The van der Waals surface area contributed by atoms with Crippen LogP contribution >= 0.6 is 11.6 Å². The van der Waals surface area contributed by atoms with Gasteiger partial charge in [-0.2, -0.15) is 5.10 Å². The second-order valence-corrected chi connectivity index (χ2v) is 4.87. The molecule has 2 N–H and O–H groups in total. The second kappa shape index (κ2) is 5.95. The normalized spacial score (nSPS) is 10.5. The number of halogens is 2. The highest BCUT2D eigenvalue weighted by atomic mass is 35.5. The lowest BCUT2D eigenvalue weighted by atomic mass is 10.2. The number of rotatable bonds is 3. The van der Waals surface area contributed by atoms with E-state index in [9.17, 15) is 9.18 Å². The summed E-state index contributed by atoms with van der Waals surface area (Å²) in [6.07, 6.45) is 1.64. The number of carbonyl (C=O) groups is 1. The molecule has 0 unspecified atom stereocenters.